The Balaban J connectivity index is 1.34. The molecule has 2 aromatic heterocycles. The van der Waals surface area contributed by atoms with Crippen molar-refractivity contribution < 1.29 is 0 Å². The molecule has 1 fully saturated rings. The van der Waals surface area contributed by atoms with Crippen molar-refractivity contribution in [2.45, 2.75) is 0 Å². The third-order valence-corrected chi connectivity index (χ3v) is 6.39. The van der Waals surface area contributed by atoms with Crippen molar-refractivity contribution in [3.05, 3.63) is 47.8 Å². The number of para-hydroxylation sites is 1. The van der Waals surface area contributed by atoms with E-state index < -0.39 is 0 Å². The van der Waals surface area contributed by atoms with Crippen LogP contribution in [0.15, 0.2) is 47.8 Å². The number of rotatable bonds is 3. The monoisotopic (exact) mass is 387 g/mol. The van der Waals surface area contributed by atoms with E-state index in [1.807, 2.05) is 36.4 Å². The number of nitrogens with zero attached hydrogens (tertiary/aromatic N) is 4. The minimum absolute atomic E-state index is 0.780. The number of anilines is 2. The van der Waals surface area contributed by atoms with Gasteiger partial charge in [0.25, 0.3) is 0 Å². The molecule has 1 saturated heterocycles. The third kappa shape index (κ3) is 3.81. The average molecular weight is 388 g/mol. The van der Waals surface area contributed by atoms with Crippen LogP contribution in [0.25, 0.3) is 9.88 Å². The summed E-state index contributed by atoms with van der Waals surface area (Å²) in [6.45, 7) is 3.56. The Labute approximate surface area is 159 Å². The summed E-state index contributed by atoms with van der Waals surface area (Å²) >= 11 is 8.90. The van der Waals surface area contributed by atoms with Gasteiger partial charge < -0.3 is 15.1 Å². The molecule has 25 heavy (non-hydrogen) atoms. The average Bonchev–Trinajstić information content (AvgIpc) is 3.34. The van der Waals surface area contributed by atoms with E-state index in [9.17, 15) is 0 Å². The van der Waals surface area contributed by atoms with E-state index in [4.69, 9.17) is 12.2 Å². The molecule has 3 heterocycles. The van der Waals surface area contributed by atoms with E-state index in [1.165, 1.54) is 4.88 Å². The summed E-state index contributed by atoms with van der Waals surface area (Å²) in [7, 11) is 0. The Morgan fingerprint density at radius 3 is 2.52 bits per heavy atom. The topological polar surface area (TPSA) is 44.3 Å². The molecule has 0 bridgehead atoms. The van der Waals surface area contributed by atoms with Crippen LogP contribution in [0.3, 0.4) is 0 Å². The van der Waals surface area contributed by atoms with Gasteiger partial charge in [-0.2, -0.15) is 0 Å². The predicted octanol–water partition coefficient (Wildman–Crippen LogP) is 3.79. The van der Waals surface area contributed by atoms with Crippen LogP contribution in [0.4, 0.5) is 10.8 Å². The van der Waals surface area contributed by atoms with Gasteiger partial charge in [0.2, 0.25) is 5.13 Å². The molecule has 128 valence electrons. The molecule has 1 aliphatic heterocycles. The maximum absolute atomic E-state index is 5.54. The smallest absolute Gasteiger partial charge is 0.208 e. The first-order valence-corrected chi connectivity index (χ1v) is 10.1. The van der Waals surface area contributed by atoms with Crippen molar-refractivity contribution in [1.29, 1.82) is 0 Å². The van der Waals surface area contributed by atoms with Crippen LogP contribution in [0.2, 0.25) is 0 Å². The molecule has 1 N–H and O–H groups in total. The number of piperazine rings is 1. The lowest BCUT2D eigenvalue weighted by Crippen LogP contribution is -2.50. The maximum Gasteiger partial charge on any atom is 0.208 e. The highest BCUT2D eigenvalue weighted by atomic mass is 32.1. The van der Waals surface area contributed by atoms with Gasteiger partial charge in [-0.3, -0.25) is 0 Å². The number of nitrogens with one attached hydrogen (secondary N) is 1. The second kappa shape index (κ2) is 7.47. The molecular formula is C17H17N5S3. The Bertz CT molecular complexity index is 823. The van der Waals surface area contributed by atoms with Crippen molar-refractivity contribution >= 4 is 50.8 Å². The molecule has 0 amide bonds. The lowest BCUT2D eigenvalue weighted by Gasteiger charge is -2.35. The molecule has 8 heteroatoms. The van der Waals surface area contributed by atoms with Crippen LogP contribution in [0.5, 0.6) is 0 Å². The van der Waals surface area contributed by atoms with Gasteiger partial charge >= 0.3 is 0 Å². The molecule has 1 aromatic carbocycles. The molecule has 0 radical (unpaired) electrons. The fraction of sp³-hybridized carbons (Fsp3) is 0.235. The quantitative estimate of drug-likeness (QED) is 0.690. The third-order valence-electron chi connectivity index (χ3n) is 4.01. The van der Waals surface area contributed by atoms with Crippen molar-refractivity contribution in [3.8, 4) is 9.88 Å². The van der Waals surface area contributed by atoms with Crippen LogP contribution in [-0.4, -0.2) is 46.4 Å². The second-order valence-corrected chi connectivity index (χ2v) is 7.93. The van der Waals surface area contributed by atoms with Gasteiger partial charge in [0, 0.05) is 31.9 Å². The van der Waals surface area contributed by atoms with Crippen LogP contribution in [0, 0.1) is 0 Å². The van der Waals surface area contributed by atoms with Crippen LogP contribution in [0.1, 0.15) is 0 Å². The second-order valence-electron chi connectivity index (χ2n) is 5.64. The minimum Gasteiger partial charge on any atom is -0.345 e. The van der Waals surface area contributed by atoms with Gasteiger partial charge in [0.15, 0.2) is 10.1 Å². The summed E-state index contributed by atoms with van der Waals surface area (Å²) in [5, 5.41) is 16.8. The minimum atomic E-state index is 0.780. The van der Waals surface area contributed by atoms with E-state index in [0.29, 0.717) is 0 Å². The number of hydrogen-bond acceptors (Lipinski definition) is 6. The largest absolute Gasteiger partial charge is 0.345 e. The van der Waals surface area contributed by atoms with E-state index in [1.54, 1.807) is 22.7 Å². The fourth-order valence-electron chi connectivity index (χ4n) is 2.67. The zero-order valence-corrected chi connectivity index (χ0v) is 15.9. The van der Waals surface area contributed by atoms with Gasteiger partial charge in [-0.1, -0.05) is 35.6 Å². The van der Waals surface area contributed by atoms with Crippen molar-refractivity contribution in [2.75, 3.05) is 36.4 Å². The number of hydrogen-bond donors (Lipinski definition) is 1. The lowest BCUT2D eigenvalue weighted by atomic mass is 10.3. The predicted molar refractivity (Wildman–Crippen MR) is 110 cm³/mol. The summed E-state index contributed by atoms with van der Waals surface area (Å²) in [5.74, 6) is 0. The summed E-state index contributed by atoms with van der Waals surface area (Å²) in [6, 6.07) is 14.2. The summed E-state index contributed by atoms with van der Waals surface area (Å²) < 4.78 is 0. The summed E-state index contributed by atoms with van der Waals surface area (Å²) in [5.41, 5.74) is 1.03. The molecule has 0 spiro atoms. The van der Waals surface area contributed by atoms with Crippen molar-refractivity contribution in [2.24, 2.45) is 0 Å². The summed E-state index contributed by atoms with van der Waals surface area (Å²) in [4.78, 5) is 5.67. The van der Waals surface area contributed by atoms with Crippen LogP contribution < -0.4 is 10.2 Å². The number of thiophene rings is 1. The van der Waals surface area contributed by atoms with E-state index in [0.717, 1.165) is 47.1 Å². The normalized spacial score (nSPS) is 14.6. The van der Waals surface area contributed by atoms with Gasteiger partial charge in [0.1, 0.15) is 0 Å². The van der Waals surface area contributed by atoms with E-state index in [-0.39, 0.29) is 0 Å². The van der Waals surface area contributed by atoms with Gasteiger partial charge in [-0.25, -0.2) is 0 Å². The maximum atomic E-state index is 5.54. The van der Waals surface area contributed by atoms with Crippen LogP contribution in [-0.2, 0) is 0 Å². The zero-order chi connectivity index (χ0) is 17.1. The Morgan fingerprint density at radius 1 is 1.00 bits per heavy atom. The first kappa shape index (κ1) is 16.4. The molecule has 4 rings (SSSR count). The highest BCUT2D eigenvalue weighted by Crippen LogP contribution is 2.31. The first-order valence-electron chi connectivity index (χ1n) is 8.03. The van der Waals surface area contributed by atoms with Crippen molar-refractivity contribution in [1.82, 2.24) is 15.1 Å². The molecule has 0 aliphatic carbocycles. The highest BCUT2D eigenvalue weighted by molar-refractivity contribution is 7.80. The molecule has 0 unspecified atom stereocenters. The fourth-order valence-corrected chi connectivity index (χ4v) is 4.66. The number of benzene rings is 1. The number of thiocarbonyl (C=S) groups is 1. The molecular weight excluding hydrogens is 370 g/mol. The molecule has 0 saturated carbocycles. The van der Waals surface area contributed by atoms with Crippen LogP contribution >= 0.6 is 34.9 Å². The molecule has 1 aliphatic rings. The number of aromatic nitrogens is 2. The Morgan fingerprint density at radius 2 is 1.80 bits per heavy atom. The van der Waals surface area contributed by atoms with E-state index in [2.05, 4.69) is 36.8 Å². The Kier molecular flexibility index (Phi) is 4.91. The van der Waals surface area contributed by atoms with E-state index >= 15 is 0 Å². The SMILES string of the molecule is S=C(Nc1ccccc1)N1CCN(c2nnc(-c3cccs3)s2)CC1. The van der Waals surface area contributed by atoms with Gasteiger partial charge in [-0.15, -0.1) is 21.5 Å². The molecule has 5 nitrogen and oxygen atoms in total. The molecule has 0 atom stereocenters. The zero-order valence-electron chi connectivity index (χ0n) is 13.5. The lowest BCUT2D eigenvalue weighted by molar-refractivity contribution is 0.390. The standard InChI is InChI=1S/C17H17N5S3/c23-16(18-13-5-2-1-3-6-13)21-8-10-22(11-9-21)17-20-19-15(25-17)14-7-4-12-24-14/h1-7,12H,8-11H2,(H,18,23). The van der Waals surface area contributed by atoms with Gasteiger partial charge in [0.05, 0.1) is 4.88 Å². The summed E-state index contributed by atoms with van der Waals surface area (Å²) in [6.07, 6.45) is 0. The highest BCUT2D eigenvalue weighted by Gasteiger charge is 2.22. The molecule has 3 aromatic rings. The Hall–Kier alpha value is -2.03. The first-order chi connectivity index (χ1) is 12.3. The van der Waals surface area contributed by atoms with Crippen molar-refractivity contribution in [3.63, 3.8) is 0 Å². The van der Waals surface area contributed by atoms with Gasteiger partial charge in [-0.05, 0) is 35.8 Å².